The number of carbonyl (C=O) groups is 1. The summed E-state index contributed by atoms with van der Waals surface area (Å²) in [6.45, 7) is 0. The fraction of sp³-hybridized carbons (Fsp3) is 0. The third kappa shape index (κ3) is 4.05. The molecule has 1 amide bonds. The summed E-state index contributed by atoms with van der Waals surface area (Å²) in [6, 6.07) is 17.6. The number of hydrogen-bond acceptors (Lipinski definition) is 5. The van der Waals surface area contributed by atoms with Crippen LogP contribution >= 0.6 is 0 Å². The smallest absolute Gasteiger partial charge is 0.259 e. The molecule has 0 aliphatic carbocycles. The van der Waals surface area contributed by atoms with E-state index < -0.39 is 0 Å². The lowest BCUT2D eigenvalue weighted by molar-refractivity contribution is -0.111. The number of aromatic amines is 1. The highest BCUT2D eigenvalue weighted by Crippen LogP contribution is 2.21. The summed E-state index contributed by atoms with van der Waals surface area (Å²) in [7, 11) is 0. The Balaban J connectivity index is 1.67. The number of rotatable bonds is 4. The largest absolute Gasteiger partial charge is 0.508 e. The fourth-order valence-corrected chi connectivity index (χ4v) is 2.97. The van der Waals surface area contributed by atoms with Crippen molar-refractivity contribution in [2.45, 2.75) is 0 Å². The molecule has 0 unspecified atom stereocenters. The normalized spacial score (nSPS) is 11.1. The quantitative estimate of drug-likeness (QED) is 0.309. The SMILES string of the molecule is O=C(/C=C/c1cccc2c(=O)[nH]c(-c3ccc(O)cc3)nc12)Nc1ccc(O)cc1. The predicted molar refractivity (Wildman–Crippen MR) is 115 cm³/mol. The van der Waals surface area contributed by atoms with Crippen molar-refractivity contribution in [3.05, 3.63) is 88.7 Å². The van der Waals surface area contributed by atoms with Gasteiger partial charge in [-0.05, 0) is 60.7 Å². The lowest BCUT2D eigenvalue weighted by atomic mass is 10.1. The Morgan fingerprint density at radius 1 is 0.933 bits per heavy atom. The predicted octanol–water partition coefficient (Wildman–Crippen LogP) is 3.65. The molecule has 4 rings (SSSR count). The second-order valence-electron chi connectivity index (χ2n) is 6.57. The number of hydrogen-bond donors (Lipinski definition) is 4. The molecular formula is C23H17N3O4. The van der Waals surface area contributed by atoms with Crippen molar-refractivity contribution in [1.82, 2.24) is 9.97 Å². The number of fused-ring (bicyclic) bond motifs is 1. The number of phenolic OH excluding ortho intramolecular Hbond substituents is 2. The highest BCUT2D eigenvalue weighted by atomic mass is 16.3. The first-order chi connectivity index (χ1) is 14.5. The van der Waals surface area contributed by atoms with Gasteiger partial charge >= 0.3 is 0 Å². The average Bonchev–Trinajstić information content (AvgIpc) is 2.74. The number of carbonyl (C=O) groups excluding carboxylic acids is 1. The lowest BCUT2D eigenvalue weighted by Gasteiger charge is -2.06. The number of benzene rings is 3. The molecule has 1 aromatic heterocycles. The third-order valence-electron chi connectivity index (χ3n) is 4.46. The highest BCUT2D eigenvalue weighted by Gasteiger charge is 2.09. The lowest BCUT2D eigenvalue weighted by Crippen LogP contribution is -2.10. The Kier molecular flexibility index (Phi) is 5.00. The average molecular weight is 399 g/mol. The Morgan fingerprint density at radius 3 is 2.30 bits per heavy atom. The summed E-state index contributed by atoms with van der Waals surface area (Å²) in [5.41, 5.74) is 1.96. The number of phenols is 2. The third-order valence-corrected chi connectivity index (χ3v) is 4.46. The van der Waals surface area contributed by atoms with Gasteiger partial charge in [0, 0.05) is 22.9 Å². The molecule has 0 saturated carbocycles. The van der Waals surface area contributed by atoms with E-state index in [0.717, 1.165) is 0 Å². The zero-order valence-corrected chi connectivity index (χ0v) is 15.7. The first-order valence-electron chi connectivity index (χ1n) is 9.10. The van der Waals surface area contributed by atoms with Gasteiger partial charge in [0.1, 0.15) is 17.3 Å². The molecule has 7 heteroatoms. The molecule has 1 heterocycles. The number of H-pyrrole nitrogens is 1. The molecule has 0 radical (unpaired) electrons. The van der Waals surface area contributed by atoms with Crippen molar-refractivity contribution in [2.24, 2.45) is 0 Å². The molecular weight excluding hydrogens is 382 g/mol. The van der Waals surface area contributed by atoms with Crippen LogP contribution in [0.15, 0.2) is 77.6 Å². The summed E-state index contributed by atoms with van der Waals surface area (Å²) >= 11 is 0. The van der Waals surface area contributed by atoms with E-state index in [1.165, 1.54) is 30.3 Å². The first kappa shape index (κ1) is 18.9. The summed E-state index contributed by atoms with van der Waals surface area (Å²) in [5.74, 6) is 0.230. The van der Waals surface area contributed by atoms with Gasteiger partial charge in [0.05, 0.1) is 10.9 Å². The number of aromatic hydroxyl groups is 2. The maximum Gasteiger partial charge on any atom is 0.259 e. The van der Waals surface area contributed by atoms with Crippen molar-refractivity contribution in [3.8, 4) is 22.9 Å². The molecule has 3 aromatic carbocycles. The van der Waals surface area contributed by atoms with E-state index in [-0.39, 0.29) is 23.0 Å². The Labute approximate surface area is 171 Å². The minimum atomic E-state index is -0.360. The van der Waals surface area contributed by atoms with Gasteiger partial charge in [-0.2, -0.15) is 0 Å². The van der Waals surface area contributed by atoms with Crippen LogP contribution in [0.5, 0.6) is 11.5 Å². The van der Waals surface area contributed by atoms with Gasteiger partial charge in [0.2, 0.25) is 5.91 Å². The maximum atomic E-state index is 12.5. The van der Waals surface area contributed by atoms with Crippen LogP contribution in [-0.2, 0) is 4.79 Å². The minimum absolute atomic E-state index is 0.111. The minimum Gasteiger partial charge on any atom is -0.508 e. The second-order valence-corrected chi connectivity index (χ2v) is 6.57. The molecule has 0 fully saturated rings. The molecule has 7 nitrogen and oxygen atoms in total. The van der Waals surface area contributed by atoms with Gasteiger partial charge in [0.15, 0.2) is 0 Å². The number of nitrogens with one attached hydrogen (secondary N) is 2. The molecule has 0 bridgehead atoms. The molecule has 148 valence electrons. The van der Waals surface area contributed by atoms with Gasteiger partial charge < -0.3 is 20.5 Å². The molecule has 0 spiro atoms. The molecule has 0 atom stereocenters. The van der Waals surface area contributed by atoms with E-state index in [9.17, 15) is 19.8 Å². The van der Waals surface area contributed by atoms with E-state index >= 15 is 0 Å². The van der Waals surface area contributed by atoms with Crippen molar-refractivity contribution in [3.63, 3.8) is 0 Å². The zero-order chi connectivity index (χ0) is 21.1. The number of anilines is 1. The van der Waals surface area contributed by atoms with Gasteiger partial charge in [-0.25, -0.2) is 4.98 Å². The zero-order valence-electron chi connectivity index (χ0n) is 15.7. The van der Waals surface area contributed by atoms with Crippen LogP contribution in [0.2, 0.25) is 0 Å². The van der Waals surface area contributed by atoms with Crippen LogP contribution in [0.4, 0.5) is 5.69 Å². The molecule has 0 saturated heterocycles. The summed E-state index contributed by atoms with van der Waals surface area (Å²) in [5, 5.41) is 21.9. The number of aromatic nitrogens is 2. The fourth-order valence-electron chi connectivity index (χ4n) is 2.97. The number of amides is 1. The van der Waals surface area contributed by atoms with E-state index in [4.69, 9.17) is 0 Å². The second kappa shape index (κ2) is 7.92. The monoisotopic (exact) mass is 399 g/mol. The topological polar surface area (TPSA) is 115 Å². The molecule has 0 aliphatic heterocycles. The molecule has 0 aliphatic rings. The van der Waals surface area contributed by atoms with Crippen molar-refractivity contribution in [2.75, 3.05) is 5.32 Å². The van der Waals surface area contributed by atoms with Crippen molar-refractivity contribution < 1.29 is 15.0 Å². The highest BCUT2D eigenvalue weighted by molar-refractivity contribution is 6.03. The van der Waals surface area contributed by atoms with E-state index in [1.807, 2.05) is 0 Å². The Bertz CT molecular complexity index is 1310. The van der Waals surface area contributed by atoms with Gasteiger partial charge in [-0.1, -0.05) is 12.1 Å². The molecule has 4 N–H and O–H groups in total. The van der Waals surface area contributed by atoms with Crippen LogP contribution < -0.4 is 10.9 Å². The first-order valence-corrected chi connectivity index (χ1v) is 9.10. The summed E-state index contributed by atoms with van der Waals surface area (Å²) in [4.78, 5) is 32.1. The van der Waals surface area contributed by atoms with Crippen molar-refractivity contribution in [1.29, 1.82) is 0 Å². The van der Waals surface area contributed by atoms with Gasteiger partial charge in [-0.3, -0.25) is 9.59 Å². The Hall–Kier alpha value is -4.39. The standard InChI is InChI=1S/C23H17N3O4/c27-17-9-4-15(5-10-17)22-25-21-14(2-1-3-19(21)23(30)26-22)6-13-20(29)24-16-7-11-18(28)12-8-16/h1-13,27-28H,(H,24,29)(H,25,26,30)/b13-6+. The summed E-state index contributed by atoms with van der Waals surface area (Å²) < 4.78 is 0. The van der Waals surface area contributed by atoms with E-state index in [1.54, 1.807) is 48.5 Å². The van der Waals surface area contributed by atoms with Crippen LogP contribution in [0, 0.1) is 0 Å². The molecule has 30 heavy (non-hydrogen) atoms. The van der Waals surface area contributed by atoms with E-state index in [0.29, 0.717) is 33.5 Å². The number of nitrogens with zero attached hydrogens (tertiary/aromatic N) is 1. The van der Waals surface area contributed by atoms with Crippen LogP contribution in [-0.4, -0.2) is 26.1 Å². The van der Waals surface area contributed by atoms with Crippen molar-refractivity contribution >= 4 is 28.6 Å². The van der Waals surface area contributed by atoms with E-state index in [2.05, 4.69) is 15.3 Å². The Morgan fingerprint density at radius 2 is 1.60 bits per heavy atom. The van der Waals surface area contributed by atoms with Gasteiger partial charge in [0.25, 0.3) is 5.56 Å². The van der Waals surface area contributed by atoms with Gasteiger partial charge in [-0.15, -0.1) is 0 Å². The maximum absolute atomic E-state index is 12.5. The molecule has 4 aromatic rings. The van der Waals surface area contributed by atoms with Crippen LogP contribution in [0.3, 0.4) is 0 Å². The van der Waals surface area contributed by atoms with Crippen LogP contribution in [0.1, 0.15) is 5.56 Å². The summed E-state index contributed by atoms with van der Waals surface area (Å²) in [6.07, 6.45) is 2.94. The number of para-hydroxylation sites is 1. The van der Waals surface area contributed by atoms with Crippen LogP contribution in [0.25, 0.3) is 28.4 Å².